The standard InChI is InChI=1S/C18H28O5Si/c1-14(23-24(5,6)18(2,3)4)17(20)22-13-16(19)21-12-15-10-8-7-9-11-15/h7-11,14H,12-13H2,1-6H3. The van der Waals surface area contributed by atoms with Crippen LogP contribution in [0.1, 0.15) is 33.3 Å². The van der Waals surface area contributed by atoms with E-state index in [-0.39, 0.29) is 11.6 Å². The van der Waals surface area contributed by atoms with Crippen LogP contribution in [0.5, 0.6) is 0 Å². The first kappa shape index (κ1) is 20.4. The molecular weight excluding hydrogens is 324 g/mol. The second kappa shape index (κ2) is 8.44. The van der Waals surface area contributed by atoms with Crippen LogP contribution in [-0.4, -0.2) is 33.0 Å². The number of carbonyl (C=O) groups is 2. The molecule has 0 bridgehead atoms. The topological polar surface area (TPSA) is 61.8 Å². The minimum absolute atomic E-state index is 0.00382. The van der Waals surface area contributed by atoms with Gasteiger partial charge in [0, 0.05) is 0 Å². The van der Waals surface area contributed by atoms with Crippen molar-refractivity contribution in [2.45, 2.75) is 58.5 Å². The van der Waals surface area contributed by atoms with E-state index >= 15 is 0 Å². The molecule has 6 heteroatoms. The van der Waals surface area contributed by atoms with Crippen molar-refractivity contribution in [2.75, 3.05) is 6.61 Å². The van der Waals surface area contributed by atoms with Gasteiger partial charge in [-0.05, 0) is 30.6 Å². The maximum absolute atomic E-state index is 12.0. The van der Waals surface area contributed by atoms with Gasteiger partial charge in [-0.25, -0.2) is 9.59 Å². The van der Waals surface area contributed by atoms with Gasteiger partial charge < -0.3 is 13.9 Å². The van der Waals surface area contributed by atoms with Gasteiger partial charge >= 0.3 is 11.9 Å². The summed E-state index contributed by atoms with van der Waals surface area (Å²) in [5.74, 6) is -1.12. The van der Waals surface area contributed by atoms with Crippen molar-refractivity contribution >= 4 is 20.3 Å². The maximum Gasteiger partial charge on any atom is 0.344 e. The fraction of sp³-hybridized carbons (Fsp3) is 0.556. The van der Waals surface area contributed by atoms with Crippen molar-refractivity contribution < 1.29 is 23.5 Å². The van der Waals surface area contributed by atoms with E-state index in [1.54, 1.807) is 6.92 Å². The molecule has 0 aromatic heterocycles. The lowest BCUT2D eigenvalue weighted by molar-refractivity contribution is -0.163. The molecule has 0 fully saturated rings. The SMILES string of the molecule is CC(O[Si](C)(C)C(C)(C)C)C(=O)OCC(=O)OCc1ccccc1. The molecule has 1 aromatic carbocycles. The van der Waals surface area contributed by atoms with Crippen molar-refractivity contribution in [3.05, 3.63) is 35.9 Å². The number of esters is 2. The fourth-order valence-corrected chi connectivity index (χ4v) is 3.03. The number of ether oxygens (including phenoxy) is 2. The quantitative estimate of drug-likeness (QED) is 0.553. The lowest BCUT2D eigenvalue weighted by Crippen LogP contribution is -2.45. The lowest BCUT2D eigenvalue weighted by Gasteiger charge is -2.37. The van der Waals surface area contributed by atoms with E-state index in [1.165, 1.54) is 0 Å². The summed E-state index contributed by atoms with van der Waals surface area (Å²) in [5.41, 5.74) is 0.881. The van der Waals surface area contributed by atoms with Gasteiger partial charge in [-0.2, -0.15) is 0 Å². The molecule has 5 nitrogen and oxygen atoms in total. The Kier molecular flexibility index (Phi) is 7.17. The summed E-state index contributed by atoms with van der Waals surface area (Å²) >= 11 is 0. The summed E-state index contributed by atoms with van der Waals surface area (Å²) in [5, 5.41) is -0.00382. The van der Waals surface area contributed by atoms with Crippen LogP contribution < -0.4 is 0 Å². The van der Waals surface area contributed by atoms with Crippen molar-refractivity contribution in [1.82, 2.24) is 0 Å². The van der Waals surface area contributed by atoms with Crippen LogP contribution in [0, 0.1) is 0 Å². The second-order valence-electron chi connectivity index (χ2n) is 7.27. The van der Waals surface area contributed by atoms with Gasteiger partial charge in [-0.1, -0.05) is 51.1 Å². The third-order valence-electron chi connectivity index (χ3n) is 4.18. The van der Waals surface area contributed by atoms with Gasteiger partial charge in [0.1, 0.15) is 12.7 Å². The third kappa shape index (κ3) is 6.45. The number of hydrogen-bond donors (Lipinski definition) is 0. The first-order chi connectivity index (χ1) is 11.0. The Bertz CT molecular complexity index is 548. The first-order valence-electron chi connectivity index (χ1n) is 8.07. The molecular formula is C18H28O5Si. The Morgan fingerprint density at radius 2 is 1.67 bits per heavy atom. The van der Waals surface area contributed by atoms with Crippen LogP contribution in [0.15, 0.2) is 30.3 Å². The Labute approximate surface area is 145 Å². The van der Waals surface area contributed by atoms with Crippen LogP contribution >= 0.6 is 0 Å². The van der Waals surface area contributed by atoms with Crippen molar-refractivity contribution in [3.8, 4) is 0 Å². The van der Waals surface area contributed by atoms with Crippen LogP contribution in [-0.2, 0) is 30.1 Å². The normalized spacial score (nSPS) is 13.2. The number of hydrogen-bond acceptors (Lipinski definition) is 5. The van der Waals surface area contributed by atoms with Gasteiger partial charge in [0.25, 0.3) is 0 Å². The van der Waals surface area contributed by atoms with Gasteiger partial charge in [0.15, 0.2) is 14.9 Å². The molecule has 134 valence electrons. The molecule has 1 unspecified atom stereocenters. The van der Waals surface area contributed by atoms with E-state index in [4.69, 9.17) is 13.9 Å². The molecule has 24 heavy (non-hydrogen) atoms. The van der Waals surface area contributed by atoms with Gasteiger partial charge in [-0.3, -0.25) is 0 Å². The maximum atomic E-state index is 12.0. The van der Waals surface area contributed by atoms with Crippen LogP contribution in [0.4, 0.5) is 0 Å². The molecule has 0 heterocycles. The Hall–Kier alpha value is -1.66. The average molecular weight is 353 g/mol. The van der Waals surface area contributed by atoms with Crippen LogP contribution in [0.3, 0.4) is 0 Å². The molecule has 1 aromatic rings. The van der Waals surface area contributed by atoms with Crippen molar-refractivity contribution in [2.24, 2.45) is 0 Å². The summed E-state index contributed by atoms with van der Waals surface area (Å²) in [6, 6.07) is 9.33. The zero-order chi connectivity index (χ0) is 18.4. The molecule has 0 aliphatic carbocycles. The second-order valence-corrected chi connectivity index (χ2v) is 12.0. The lowest BCUT2D eigenvalue weighted by atomic mass is 10.2. The minimum atomic E-state index is -2.06. The smallest absolute Gasteiger partial charge is 0.344 e. The highest BCUT2D eigenvalue weighted by molar-refractivity contribution is 6.74. The van der Waals surface area contributed by atoms with E-state index < -0.39 is 33.0 Å². The van der Waals surface area contributed by atoms with Crippen LogP contribution in [0.25, 0.3) is 0 Å². The number of rotatable bonds is 7. The highest BCUT2D eigenvalue weighted by Crippen LogP contribution is 2.37. The van der Waals surface area contributed by atoms with E-state index in [9.17, 15) is 9.59 Å². The highest BCUT2D eigenvalue weighted by Gasteiger charge is 2.40. The fourth-order valence-electron chi connectivity index (χ4n) is 1.69. The molecule has 0 spiro atoms. The molecule has 0 radical (unpaired) electrons. The monoisotopic (exact) mass is 352 g/mol. The number of benzene rings is 1. The Morgan fingerprint density at radius 3 is 2.21 bits per heavy atom. The van der Waals surface area contributed by atoms with Gasteiger partial charge in [0.05, 0.1) is 0 Å². The van der Waals surface area contributed by atoms with E-state index in [0.29, 0.717) is 0 Å². The van der Waals surface area contributed by atoms with Crippen LogP contribution in [0.2, 0.25) is 18.1 Å². The molecule has 0 aliphatic heterocycles. The summed E-state index contributed by atoms with van der Waals surface area (Å²) in [6.45, 7) is 11.8. The highest BCUT2D eigenvalue weighted by atomic mass is 28.4. The average Bonchev–Trinajstić information content (AvgIpc) is 2.50. The van der Waals surface area contributed by atoms with Gasteiger partial charge in [0.2, 0.25) is 0 Å². The largest absolute Gasteiger partial charge is 0.458 e. The molecule has 0 N–H and O–H groups in total. The third-order valence-corrected chi connectivity index (χ3v) is 8.74. The summed E-state index contributed by atoms with van der Waals surface area (Å²) in [6.07, 6.45) is -0.701. The molecule has 0 saturated heterocycles. The zero-order valence-electron chi connectivity index (χ0n) is 15.4. The first-order valence-corrected chi connectivity index (χ1v) is 11.0. The zero-order valence-corrected chi connectivity index (χ0v) is 16.4. The molecule has 0 saturated carbocycles. The van der Waals surface area contributed by atoms with E-state index in [0.717, 1.165) is 5.56 Å². The minimum Gasteiger partial charge on any atom is -0.458 e. The van der Waals surface area contributed by atoms with E-state index in [2.05, 4.69) is 33.9 Å². The van der Waals surface area contributed by atoms with Crippen molar-refractivity contribution in [3.63, 3.8) is 0 Å². The summed E-state index contributed by atoms with van der Waals surface area (Å²) < 4.78 is 16.0. The molecule has 1 atom stereocenters. The Balaban J connectivity index is 2.38. The van der Waals surface area contributed by atoms with E-state index in [1.807, 2.05) is 30.3 Å². The van der Waals surface area contributed by atoms with Gasteiger partial charge in [-0.15, -0.1) is 0 Å². The molecule has 0 amide bonds. The predicted molar refractivity (Wildman–Crippen MR) is 94.9 cm³/mol. The summed E-state index contributed by atoms with van der Waals surface area (Å²) in [4.78, 5) is 23.6. The van der Waals surface area contributed by atoms with Crippen molar-refractivity contribution in [1.29, 1.82) is 0 Å². The predicted octanol–water partition coefficient (Wildman–Crippen LogP) is 3.68. The molecule has 0 aliphatic rings. The number of carbonyl (C=O) groups excluding carboxylic acids is 2. The Morgan fingerprint density at radius 1 is 1.08 bits per heavy atom. The molecule has 1 rings (SSSR count). The summed E-state index contributed by atoms with van der Waals surface area (Å²) in [7, 11) is -2.06.